The summed E-state index contributed by atoms with van der Waals surface area (Å²) < 4.78 is 23.8. The van der Waals surface area contributed by atoms with Crippen molar-refractivity contribution in [1.82, 2.24) is 5.32 Å². The van der Waals surface area contributed by atoms with Crippen molar-refractivity contribution in [2.75, 3.05) is 40.9 Å². The zero-order valence-corrected chi connectivity index (χ0v) is 55.1. The highest BCUT2D eigenvalue weighted by atomic mass is 31.2. The topological polar surface area (TPSA) is 105 Å². The van der Waals surface area contributed by atoms with Gasteiger partial charge in [0.2, 0.25) is 5.91 Å². The van der Waals surface area contributed by atoms with Crippen molar-refractivity contribution >= 4 is 13.7 Å². The number of phosphoric ester groups is 1. The van der Waals surface area contributed by atoms with Crippen LogP contribution in [0, 0.1) is 0 Å². The molecular formula is C70H142N2O6P+. The van der Waals surface area contributed by atoms with Crippen LogP contribution in [0.1, 0.15) is 380 Å². The number of phosphoric acid groups is 1. The Labute approximate surface area is 494 Å². The van der Waals surface area contributed by atoms with Crippen molar-refractivity contribution in [2.24, 2.45) is 0 Å². The summed E-state index contributed by atoms with van der Waals surface area (Å²) in [5, 5.41) is 14.0. The van der Waals surface area contributed by atoms with E-state index in [1.807, 2.05) is 27.2 Å². The van der Waals surface area contributed by atoms with E-state index >= 15 is 0 Å². The largest absolute Gasteiger partial charge is 0.472 e. The molecular weight excluding hydrogens is 996 g/mol. The smallest absolute Gasteiger partial charge is 0.387 e. The van der Waals surface area contributed by atoms with Gasteiger partial charge in [-0.3, -0.25) is 13.8 Å². The maximum atomic E-state index is 13.1. The molecule has 472 valence electrons. The summed E-state index contributed by atoms with van der Waals surface area (Å²) in [4.78, 5) is 23.4. The number of amides is 1. The molecule has 0 aromatic rings. The number of carbonyl (C=O) groups excluding carboxylic acids is 1. The summed E-state index contributed by atoms with van der Waals surface area (Å²) in [6, 6.07) is -0.844. The van der Waals surface area contributed by atoms with Crippen LogP contribution in [0.15, 0.2) is 12.2 Å². The lowest BCUT2D eigenvalue weighted by Gasteiger charge is -2.25. The van der Waals surface area contributed by atoms with E-state index in [1.165, 1.54) is 327 Å². The number of allylic oxidation sites excluding steroid dienone is 1. The van der Waals surface area contributed by atoms with E-state index in [1.54, 1.807) is 6.08 Å². The SMILES string of the molecule is CCCCCCCCCCCCCCCCCCCCCCCCCCC/C=C/C(O)C(COP(=O)(O)OCC[N+](C)(C)C)NC(=O)CCCCCCCCCCCCCCCCCCCCCCCCCCCCCCCC. The van der Waals surface area contributed by atoms with Crippen molar-refractivity contribution in [3.8, 4) is 0 Å². The molecule has 0 saturated carbocycles. The number of aliphatic hydroxyl groups excluding tert-OH is 1. The van der Waals surface area contributed by atoms with Crippen LogP contribution in [0.4, 0.5) is 0 Å². The van der Waals surface area contributed by atoms with Crippen LogP contribution in [-0.2, 0) is 18.4 Å². The first-order valence-electron chi connectivity index (χ1n) is 35.6. The minimum Gasteiger partial charge on any atom is -0.387 e. The zero-order valence-electron chi connectivity index (χ0n) is 54.2. The fourth-order valence-corrected chi connectivity index (χ4v) is 12.0. The number of hydrogen-bond acceptors (Lipinski definition) is 5. The molecule has 0 spiro atoms. The second-order valence-electron chi connectivity index (χ2n) is 26.0. The second-order valence-corrected chi connectivity index (χ2v) is 27.4. The summed E-state index contributed by atoms with van der Waals surface area (Å²) in [5.74, 6) is -0.166. The van der Waals surface area contributed by atoms with Crippen molar-refractivity contribution in [2.45, 2.75) is 392 Å². The molecule has 0 heterocycles. The van der Waals surface area contributed by atoms with Crippen LogP contribution in [-0.4, -0.2) is 73.4 Å². The normalized spacial score (nSPS) is 13.7. The summed E-state index contributed by atoms with van der Waals surface area (Å²) in [5.41, 5.74) is 0. The predicted octanol–water partition coefficient (Wildman–Crippen LogP) is 22.5. The van der Waals surface area contributed by atoms with E-state index in [2.05, 4.69) is 19.2 Å². The number of rotatable bonds is 67. The third-order valence-corrected chi connectivity index (χ3v) is 17.7. The summed E-state index contributed by atoms with van der Waals surface area (Å²) in [6.07, 6.45) is 79.4. The lowest BCUT2D eigenvalue weighted by Crippen LogP contribution is -2.45. The van der Waals surface area contributed by atoms with Gasteiger partial charge in [-0.25, -0.2) is 4.57 Å². The standard InChI is InChI=1S/C70H141N2O6P/c1-6-8-10-12-14-16-18-20-22-24-26-28-30-32-34-35-36-38-40-42-44-46-48-50-52-54-56-58-60-62-64-70(74)71-68(67-78-79(75,76)77-66-65-72(3,4)5)69(73)63-61-59-57-55-53-51-49-47-45-43-41-39-37-33-31-29-27-25-23-21-19-17-15-13-11-9-7-2/h61,63,68-69,73H,6-60,62,64-67H2,1-5H3,(H-,71,74,75,76)/p+1/b63-61+. The van der Waals surface area contributed by atoms with Crippen LogP contribution in [0.25, 0.3) is 0 Å². The minimum absolute atomic E-state index is 0.0655. The first-order valence-corrected chi connectivity index (χ1v) is 37.1. The summed E-state index contributed by atoms with van der Waals surface area (Å²) in [6.45, 7) is 4.89. The molecule has 79 heavy (non-hydrogen) atoms. The maximum absolute atomic E-state index is 13.1. The molecule has 0 aliphatic heterocycles. The minimum atomic E-state index is -4.35. The molecule has 0 fully saturated rings. The molecule has 0 aromatic heterocycles. The molecule has 0 aliphatic carbocycles. The van der Waals surface area contributed by atoms with Gasteiger partial charge in [-0.1, -0.05) is 366 Å². The highest BCUT2D eigenvalue weighted by Crippen LogP contribution is 2.43. The van der Waals surface area contributed by atoms with E-state index in [-0.39, 0.29) is 19.1 Å². The Morgan fingerprint density at radius 3 is 0.937 bits per heavy atom. The number of nitrogens with one attached hydrogen (secondary N) is 1. The van der Waals surface area contributed by atoms with Gasteiger partial charge in [-0.05, 0) is 19.3 Å². The summed E-state index contributed by atoms with van der Waals surface area (Å²) in [7, 11) is 1.60. The second kappa shape index (κ2) is 61.8. The molecule has 0 radical (unpaired) electrons. The van der Waals surface area contributed by atoms with Crippen molar-refractivity contribution in [3.63, 3.8) is 0 Å². The molecule has 1 amide bonds. The van der Waals surface area contributed by atoms with Gasteiger partial charge < -0.3 is 19.8 Å². The average Bonchev–Trinajstić information content (AvgIpc) is 3.42. The number of nitrogens with zero attached hydrogens (tertiary/aromatic N) is 1. The molecule has 3 N–H and O–H groups in total. The lowest BCUT2D eigenvalue weighted by atomic mass is 10.0. The Kier molecular flexibility index (Phi) is 61.2. The Hall–Kier alpha value is -0.760. The van der Waals surface area contributed by atoms with Gasteiger partial charge in [-0.2, -0.15) is 0 Å². The van der Waals surface area contributed by atoms with Crippen molar-refractivity contribution in [3.05, 3.63) is 12.2 Å². The molecule has 0 aliphatic rings. The van der Waals surface area contributed by atoms with Gasteiger partial charge in [0, 0.05) is 6.42 Å². The number of quaternary nitrogens is 1. The molecule has 8 nitrogen and oxygen atoms in total. The lowest BCUT2D eigenvalue weighted by molar-refractivity contribution is -0.870. The number of carbonyl (C=O) groups is 1. The monoisotopic (exact) mass is 1140 g/mol. The van der Waals surface area contributed by atoms with Crippen LogP contribution in [0.5, 0.6) is 0 Å². The van der Waals surface area contributed by atoms with E-state index < -0.39 is 20.0 Å². The first kappa shape index (κ1) is 78.2. The van der Waals surface area contributed by atoms with E-state index in [4.69, 9.17) is 9.05 Å². The Morgan fingerprint density at radius 2 is 0.671 bits per heavy atom. The number of aliphatic hydroxyl groups is 1. The van der Waals surface area contributed by atoms with E-state index in [0.717, 1.165) is 32.1 Å². The maximum Gasteiger partial charge on any atom is 0.472 e. The molecule has 9 heteroatoms. The number of likely N-dealkylation sites (N-methyl/N-ethyl adjacent to an activating group) is 1. The van der Waals surface area contributed by atoms with Gasteiger partial charge in [0.1, 0.15) is 13.2 Å². The molecule has 0 aromatic carbocycles. The number of unbranched alkanes of at least 4 members (excludes halogenated alkanes) is 54. The fraction of sp³-hybridized carbons (Fsp3) is 0.957. The van der Waals surface area contributed by atoms with E-state index in [0.29, 0.717) is 17.4 Å². The van der Waals surface area contributed by atoms with E-state index in [9.17, 15) is 19.4 Å². The number of hydrogen-bond donors (Lipinski definition) is 3. The quantitative estimate of drug-likeness (QED) is 0.0243. The molecule has 0 bridgehead atoms. The van der Waals surface area contributed by atoms with Gasteiger partial charge in [0.15, 0.2) is 0 Å². The average molecular weight is 1140 g/mol. The van der Waals surface area contributed by atoms with Crippen LogP contribution in [0.2, 0.25) is 0 Å². The Balaban J connectivity index is 4.02. The van der Waals surface area contributed by atoms with Crippen LogP contribution >= 0.6 is 7.82 Å². The first-order chi connectivity index (χ1) is 38.5. The third kappa shape index (κ3) is 64.7. The van der Waals surface area contributed by atoms with Gasteiger partial charge in [0.25, 0.3) is 0 Å². The summed E-state index contributed by atoms with van der Waals surface area (Å²) >= 11 is 0. The predicted molar refractivity (Wildman–Crippen MR) is 346 cm³/mol. The Morgan fingerprint density at radius 1 is 0.418 bits per heavy atom. The molecule has 0 saturated heterocycles. The van der Waals surface area contributed by atoms with Crippen LogP contribution in [0.3, 0.4) is 0 Å². The highest BCUT2D eigenvalue weighted by Gasteiger charge is 2.28. The Bertz CT molecular complexity index is 1290. The van der Waals surface area contributed by atoms with Gasteiger partial charge in [0.05, 0.1) is 39.9 Å². The third-order valence-electron chi connectivity index (χ3n) is 16.8. The van der Waals surface area contributed by atoms with Crippen molar-refractivity contribution in [1.29, 1.82) is 0 Å². The van der Waals surface area contributed by atoms with Crippen molar-refractivity contribution < 1.29 is 32.9 Å². The molecule has 3 atom stereocenters. The molecule has 0 rings (SSSR count). The molecule has 3 unspecified atom stereocenters. The van der Waals surface area contributed by atoms with Gasteiger partial charge in [-0.15, -0.1) is 0 Å². The van der Waals surface area contributed by atoms with Gasteiger partial charge >= 0.3 is 7.82 Å². The van der Waals surface area contributed by atoms with Crippen LogP contribution < -0.4 is 5.32 Å². The fourth-order valence-electron chi connectivity index (χ4n) is 11.2. The highest BCUT2D eigenvalue weighted by molar-refractivity contribution is 7.47. The zero-order chi connectivity index (χ0) is 57.7.